The zero-order valence-electron chi connectivity index (χ0n) is 3.40. The molecule has 0 nitrogen and oxygen atoms in total. The Kier molecular flexibility index (Phi) is 4.65. The van der Waals surface area contributed by atoms with Gasteiger partial charge in [0.15, 0.2) is 0 Å². The highest BCUT2D eigenvalue weighted by Crippen LogP contribution is 1.83. The van der Waals surface area contributed by atoms with Crippen molar-refractivity contribution in [3.63, 3.8) is 0 Å². The summed E-state index contributed by atoms with van der Waals surface area (Å²) < 4.78 is 0. The van der Waals surface area contributed by atoms with E-state index in [0.29, 0.717) is 0 Å². The van der Waals surface area contributed by atoms with Crippen molar-refractivity contribution in [3.05, 3.63) is 6.42 Å². The summed E-state index contributed by atoms with van der Waals surface area (Å²) in [5.41, 5.74) is 0. The lowest BCUT2D eigenvalue weighted by Gasteiger charge is -1.77. The normalized spacial score (nSPS) is 8.40. The summed E-state index contributed by atoms with van der Waals surface area (Å²) in [6.07, 6.45) is 3.18. The zero-order valence-corrected chi connectivity index (χ0v) is 4.22. The predicted octanol–water partition coefficient (Wildman–Crippen LogP) is 1.80. The average Bonchev–Trinajstić information content (AvgIpc) is 1.41. The van der Waals surface area contributed by atoms with Crippen LogP contribution in [0, 0.1) is 6.42 Å². The van der Waals surface area contributed by atoms with Gasteiger partial charge in [-0.3, -0.25) is 0 Å². The molecule has 0 aromatic carbocycles. The minimum atomic E-state index is 0.802. The van der Waals surface area contributed by atoms with E-state index in [4.69, 9.17) is 0 Å². The number of hydrogen-bond acceptors (Lipinski definition) is 0. The summed E-state index contributed by atoms with van der Waals surface area (Å²) in [5.74, 6) is 0.802. The molecule has 1 heteroatoms. The van der Waals surface area contributed by atoms with E-state index in [1.54, 1.807) is 0 Å². The van der Waals surface area contributed by atoms with Crippen LogP contribution in [0.4, 0.5) is 0 Å². The molecule has 2 radical (unpaired) electrons. The highest BCUT2D eigenvalue weighted by Gasteiger charge is 1.70. The monoisotopic (exact) mass is 88.0 g/mol. The van der Waals surface area contributed by atoms with Crippen molar-refractivity contribution in [1.29, 1.82) is 0 Å². The van der Waals surface area contributed by atoms with Crippen molar-refractivity contribution < 1.29 is 0 Å². The van der Waals surface area contributed by atoms with Gasteiger partial charge < -0.3 is 0 Å². The van der Waals surface area contributed by atoms with Gasteiger partial charge in [-0.1, -0.05) is 26.0 Å². The molecule has 0 heterocycles. The Balaban J connectivity index is 2.19. The molecule has 0 aromatic heterocycles. The van der Waals surface area contributed by atoms with Gasteiger partial charge in [0, 0.05) is 5.75 Å². The fourth-order valence-electron chi connectivity index (χ4n) is 0.118. The van der Waals surface area contributed by atoms with E-state index in [-0.39, 0.29) is 0 Å². The molecule has 0 fully saturated rings. The maximum atomic E-state index is 4.60. The first-order chi connectivity index (χ1) is 2.41. The predicted molar refractivity (Wildman–Crippen MR) is 27.0 cm³/mol. The molecule has 0 amide bonds. The maximum absolute atomic E-state index is 4.60. The third kappa shape index (κ3) is 4.35. The van der Waals surface area contributed by atoms with Gasteiger partial charge in [0.2, 0.25) is 0 Å². The quantitative estimate of drug-likeness (QED) is 0.483. The van der Waals surface area contributed by atoms with E-state index < -0.39 is 0 Å². The minimum Gasteiger partial charge on any atom is -0.0938 e. The molecule has 0 rings (SSSR count). The molecule has 0 atom stereocenters. The molecule has 5 heavy (non-hydrogen) atoms. The summed E-state index contributed by atoms with van der Waals surface area (Å²) in [6.45, 7) is 2.09. The fraction of sp³-hybridized carbons (Fsp3) is 0.750. The van der Waals surface area contributed by atoms with E-state index in [1.807, 2.05) is 0 Å². The van der Waals surface area contributed by atoms with Crippen LogP contribution in [0.1, 0.15) is 13.3 Å². The van der Waals surface area contributed by atoms with Crippen molar-refractivity contribution >= 4 is 12.6 Å². The Morgan fingerprint density at radius 3 is 2.40 bits per heavy atom. The average molecular weight is 88.2 g/mol. The molecule has 0 saturated carbocycles. The van der Waals surface area contributed by atoms with Crippen LogP contribution in [0.15, 0.2) is 0 Å². The molecular weight excluding hydrogens is 80.1 g/mol. The molecule has 0 N–H and O–H groups in total. The van der Waals surface area contributed by atoms with Crippen molar-refractivity contribution in [2.24, 2.45) is 0 Å². The first kappa shape index (κ1) is 5.35. The SMILES string of the molecule is CC[CH]C[S]. The molecule has 0 aliphatic heterocycles. The van der Waals surface area contributed by atoms with Gasteiger partial charge in [0.05, 0.1) is 0 Å². The van der Waals surface area contributed by atoms with Gasteiger partial charge in [-0.2, -0.15) is 0 Å². The minimum absolute atomic E-state index is 0.802. The first-order valence-electron chi connectivity index (χ1n) is 1.81. The van der Waals surface area contributed by atoms with Crippen LogP contribution in [-0.4, -0.2) is 5.75 Å². The summed E-state index contributed by atoms with van der Waals surface area (Å²) >= 11 is 4.60. The van der Waals surface area contributed by atoms with Crippen LogP contribution in [0.5, 0.6) is 0 Å². The summed E-state index contributed by atoms with van der Waals surface area (Å²) in [7, 11) is 0. The topological polar surface area (TPSA) is 0 Å². The number of hydrogen-bond donors (Lipinski definition) is 0. The van der Waals surface area contributed by atoms with Crippen LogP contribution in [0.3, 0.4) is 0 Å². The van der Waals surface area contributed by atoms with Gasteiger partial charge in [-0.25, -0.2) is 0 Å². The molecule has 0 aromatic rings. The van der Waals surface area contributed by atoms with E-state index in [2.05, 4.69) is 26.0 Å². The smallest absolute Gasteiger partial charge is 0.00681 e. The molecule has 0 aliphatic carbocycles. The second kappa shape index (κ2) is 4.35. The third-order valence-corrected chi connectivity index (χ3v) is 0.642. The highest BCUT2D eigenvalue weighted by atomic mass is 32.1. The Morgan fingerprint density at radius 1 is 1.80 bits per heavy atom. The van der Waals surface area contributed by atoms with Crippen LogP contribution in [0.25, 0.3) is 0 Å². The van der Waals surface area contributed by atoms with Crippen LogP contribution in [-0.2, 0) is 0 Å². The van der Waals surface area contributed by atoms with Crippen LogP contribution < -0.4 is 0 Å². The fourth-order valence-corrected chi connectivity index (χ4v) is 0.354. The number of unbranched alkanes of at least 4 members (excludes halogenated alkanes) is 1. The van der Waals surface area contributed by atoms with Crippen molar-refractivity contribution in [1.82, 2.24) is 0 Å². The standard InChI is InChI=1S/C4H8S/c1-2-3-4-5/h3H,2,4H2,1H3. The third-order valence-electron chi connectivity index (χ3n) is 0.407. The first-order valence-corrected chi connectivity index (χ1v) is 2.39. The van der Waals surface area contributed by atoms with Crippen molar-refractivity contribution in [2.75, 3.05) is 5.75 Å². The van der Waals surface area contributed by atoms with Gasteiger partial charge >= 0.3 is 0 Å². The second-order valence-electron chi connectivity index (χ2n) is 0.864. The second-order valence-corrected chi connectivity index (χ2v) is 1.20. The molecular formula is C4H8S. The summed E-state index contributed by atoms with van der Waals surface area (Å²) in [4.78, 5) is 0. The number of rotatable bonds is 2. The largest absolute Gasteiger partial charge is 0.0938 e. The molecule has 0 saturated heterocycles. The van der Waals surface area contributed by atoms with Crippen molar-refractivity contribution in [3.8, 4) is 0 Å². The molecule has 0 bridgehead atoms. The Bertz CT molecular complexity index is 11.1. The maximum Gasteiger partial charge on any atom is 0.00681 e. The molecule has 0 spiro atoms. The van der Waals surface area contributed by atoms with Crippen LogP contribution >= 0.6 is 12.6 Å². The van der Waals surface area contributed by atoms with Gasteiger partial charge in [-0.15, -0.1) is 0 Å². The van der Waals surface area contributed by atoms with E-state index in [0.717, 1.165) is 12.2 Å². The van der Waals surface area contributed by atoms with E-state index in [9.17, 15) is 0 Å². The Hall–Kier alpha value is 0.350. The lowest BCUT2D eigenvalue weighted by Crippen LogP contribution is -1.67. The van der Waals surface area contributed by atoms with E-state index >= 15 is 0 Å². The highest BCUT2D eigenvalue weighted by molar-refractivity contribution is 7.80. The van der Waals surface area contributed by atoms with Gasteiger partial charge in [0.25, 0.3) is 0 Å². The van der Waals surface area contributed by atoms with Crippen molar-refractivity contribution in [2.45, 2.75) is 13.3 Å². The molecule has 30 valence electrons. The lowest BCUT2D eigenvalue weighted by atomic mass is 10.4. The Labute approximate surface area is 39.0 Å². The van der Waals surface area contributed by atoms with Gasteiger partial charge in [0.1, 0.15) is 0 Å². The zero-order chi connectivity index (χ0) is 4.12. The van der Waals surface area contributed by atoms with Gasteiger partial charge in [-0.05, 0) is 6.42 Å². The Morgan fingerprint density at radius 2 is 2.40 bits per heavy atom. The molecule has 0 aliphatic rings. The summed E-state index contributed by atoms with van der Waals surface area (Å²) in [6, 6.07) is 0. The lowest BCUT2D eigenvalue weighted by molar-refractivity contribution is 1.11. The molecule has 0 unspecified atom stereocenters. The van der Waals surface area contributed by atoms with Crippen LogP contribution in [0.2, 0.25) is 0 Å². The van der Waals surface area contributed by atoms with E-state index in [1.165, 1.54) is 0 Å². The summed E-state index contributed by atoms with van der Waals surface area (Å²) in [5, 5.41) is 0.